The Labute approximate surface area is 167 Å². The Kier molecular flexibility index (Phi) is 9.58. The minimum atomic E-state index is -0.372. The fourth-order valence-electron chi connectivity index (χ4n) is 2.01. The average molecular weight is 379 g/mol. The van der Waals surface area contributed by atoms with Gasteiger partial charge in [0.2, 0.25) is 0 Å². The molecule has 0 heterocycles. The Bertz CT molecular complexity index is 557. The van der Waals surface area contributed by atoms with Crippen molar-refractivity contribution in [1.82, 2.24) is 0 Å². The highest BCUT2D eigenvalue weighted by Crippen LogP contribution is 2.25. The molecule has 0 saturated carbocycles. The smallest absolute Gasteiger partial charge is 0.312 e. The summed E-state index contributed by atoms with van der Waals surface area (Å²) in [5.41, 5.74) is 0.549. The number of hydrogen-bond acceptors (Lipinski definition) is 3. The molecule has 1 atom stereocenters. The molecule has 0 amide bonds. The number of carbonyl (C=O) groups excluding carboxylic acids is 1. The molecule has 27 heavy (non-hydrogen) atoms. The lowest BCUT2D eigenvalue weighted by Crippen LogP contribution is -2.33. The van der Waals surface area contributed by atoms with Crippen molar-refractivity contribution in [3.63, 3.8) is 0 Å². The van der Waals surface area contributed by atoms with Crippen molar-refractivity contribution >= 4 is 5.97 Å². The van der Waals surface area contributed by atoms with Crippen LogP contribution in [0.25, 0.3) is 0 Å². The Morgan fingerprint density at radius 1 is 0.889 bits per heavy atom. The highest BCUT2D eigenvalue weighted by molar-refractivity contribution is 5.76. The number of hydrogen-bond donors (Lipinski definition) is 0. The molecule has 0 aliphatic heterocycles. The van der Waals surface area contributed by atoms with Crippen molar-refractivity contribution in [2.45, 2.75) is 106 Å². The van der Waals surface area contributed by atoms with Gasteiger partial charge in [0, 0.05) is 0 Å². The largest absolute Gasteiger partial charge is 0.488 e. The first-order chi connectivity index (χ1) is 12.1. The first-order valence-corrected chi connectivity index (χ1v) is 10.1. The quantitative estimate of drug-likeness (QED) is 0.511. The van der Waals surface area contributed by atoms with Crippen LogP contribution in [0, 0.1) is 5.41 Å². The third-order valence-electron chi connectivity index (χ3n) is 4.32. The van der Waals surface area contributed by atoms with Crippen LogP contribution in [0.15, 0.2) is 24.3 Å². The third kappa shape index (κ3) is 11.0. The van der Waals surface area contributed by atoms with Crippen LogP contribution < -0.4 is 4.74 Å². The predicted octanol–water partition coefficient (Wildman–Crippen LogP) is 7.14. The number of carbonyl (C=O) groups is 1. The molecule has 0 spiro atoms. The lowest BCUT2D eigenvalue weighted by atomic mass is 9.90. The summed E-state index contributed by atoms with van der Waals surface area (Å²) in [6.07, 6.45) is 1.99. The molecule has 1 rings (SSSR count). The van der Waals surface area contributed by atoms with Crippen LogP contribution in [0.1, 0.15) is 100 Å². The normalized spacial score (nSPS) is 13.3. The molecule has 3 heteroatoms. The molecule has 0 saturated heterocycles. The molecule has 0 fully saturated rings. The summed E-state index contributed by atoms with van der Waals surface area (Å²) in [6.45, 7) is 22.1. The van der Waals surface area contributed by atoms with E-state index in [1.807, 2.05) is 41.5 Å². The molecule has 0 aliphatic carbocycles. The summed E-state index contributed by atoms with van der Waals surface area (Å²) in [5, 5.41) is 0. The van der Waals surface area contributed by atoms with Gasteiger partial charge in [-0.1, -0.05) is 32.9 Å². The van der Waals surface area contributed by atoms with E-state index >= 15 is 0 Å². The molecular weight excluding hydrogens is 336 g/mol. The van der Waals surface area contributed by atoms with Crippen molar-refractivity contribution in [3.8, 4) is 5.75 Å². The molecule has 0 bridgehead atoms. The maximum absolute atomic E-state index is 11.5. The number of ether oxygens (including phenoxy) is 2. The number of rotatable bonds is 5. The van der Waals surface area contributed by atoms with Gasteiger partial charge in [-0.15, -0.1) is 0 Å². The SMILES string of the molecule is CCC(C)(C)C(=O)OC(C)(C)C.CCC(C)c1ccc(OC(C)(C)C)cc1. The van der Waals surface area contributed by atoms with Crippen molar-refractivity contribution in [3.05, 3.63) is 29.8 Å². The van der Waals surface area contributed by atoms with Gasteiger partial charge in [0.1, 0.15) is 17.0 Å². The average Bonchev–Trinajstić information content (AvgIpc) is 2.52. The Morgan fingerprint density at radius 2 is 1.37 bits per heavy atom. The maximum atomic E-state index is 11.5. The summed E-state index contributed by atoms with van der Waals surface area (Å²) in [4.78, 5) is 11.5. The van der Waals surface area contributed by atoms with Gasteiger partial charge in [0.05, 0.1) is 5.41 Å². The lowest BCUT2D eigenvalue weighted by molar-refractivity contribution is -0.165. The zero-order valence-corrected chi connectivity index (χ0v) is 19.5. The van der Waals surface area contributed by atoms with E-state index in [-0.39, 0.29) is 22.6 Å². The van der Waals surface area contributed by atoms with Crippen LogP contribution >= 0.6 is 0 Å². The summed E-state index contributed by atoms with van der Waals surface area (Å²) in [7, 11) is 0. The second-order valence-electron chi connectivity index (χ2n) is 9.83. The summed E-state index contributed by atoms with van der Waals surface area (Å²) >= 11 is 0. The predicted molar refractivity (Wildman–Crippen MR) is 115 cm³/mol. The first-order valence-electron chi connectivity index (χ1n) is 10.1. The highest BCUT2D eigenvalue weighted by Gasteiger charge is 2.30. The van der Waals surface area contributed by atoms with E-state index in [0.29, 0.717) is 5.92 Å². The van der Waals surface area contributed by atoms with E-state index in [0.717, 1.165) is 12.2 Å². The molecule has 0 radical (unpaired) electrons. The van der Waals surface area contributed by atoms with Gasteiger partial charge in [0.25, 0.3) is 0 Å². The molecule has 0 aliphatic rings. The Balaban J connectivity index is 0.000000516. The minimum Gasteiger partial charge on any atom is -0.488 e. The Hall–Kier alpha value is -1.51. The van der Waals surface area contributed by atoms with Crippen molar-refractivity contribution in [2.24, 2.45) is 5.41 Å². The fourth-order valence-corrected chi connectivity index (χ4v) is 2.01. The van der Waals surface area contributed by atoms with Crippen LogP contribution in [0.3, 0.4) is 0 Å². The molecule has 1 unspecified atom stereocenters. The van der Waals surface area contributed by atoms with Crippen LogP contribution in [0.5, 0.6) is 5.75 Å². The van der Waals surface area contributed by atoms with Gasteiger partial charge in [-0.3, -0.25) is 4.79 Å². The maximum Gasteiger partial charge on any atom is 0.312 e. The summed E-state index contributed by atoms with van der Waals surface area (Å²) in [5.74, 6) is 1.47. The zero-order chi connectivity index (χ0) is 21.5. The lowest BCUT2D eigenvalue weighted by Gasteiger charge is -2.27. The fraction of sp³-hybridized carbons (Fsp3) is 0.708. The van der Waals surface area contributed by atoms with E-state index in [1.54, 1.807) is 0 Å². The zero-order valence-electron chi connectivity index (χ0n) is 19.5. The molecule has 0 N–H and O–H groups in total. The monoisotopic (exact) mass is 378 g/mol. The number of esters is 1. The van der Waals surface area contributed by atoms with Crippen molar-refractivity contribution in [2.75, 3.05) is 0 Å². The molecule has 1 aromatic rings. The summed E-state index contributed by atoms with van der Waals surface area (Å²) < 4.78 is 11.0. The van der Waals surface area contributed by atoms with Crippen LogP contribution in [-0.4, -0.2) is 17.2 Å². The van der Waals surface area contributed by atoms with Crippen molar-refractivity contribution < 1.29 is 14.3 Å². The molecular formula is C24H42O3. The summed E-state index contributed by atoms with van der Waals surface area (Å²) in [6, 6.07) is 8.45. The van der Waals surface area contributed by atoms with Crippen LogP contribution in [-0.2, 0) is 9.53 Å². The Morgan fingerprint density at radius 3 is 1.70 bits per heavy atom. The van der Waals surface area contributed by atoms with E-state index in [4.69, 9.17) is 9.47 Å². The number of benzene rings is 1. The second-order valence-corrected chi connectivity index (χ2v) is 9.83. The van der Waals surface area contributed by atoms with Gasteiger partial charge in [-0.2, -0.15) is 0 Å². The third-order valence-corrected chi connectivity index (χ3v) is 4.32. The van der Waals surface area contributed by atoms with E-state index in [9.17, 15) is 4.79 Å². The molecule has 1 aromatic carbocycles. The van der Waals surface area contributed by atoms with Crippen LogP contribution in [0.2, 0.25) is 0 Å². The second kappa shape index (κ2) is 10.1. The van der Waals surface area contributed by atoms with Crippen molar-refractivity contribution in [1.29, 1.82) is 0 Å². The molecule has 3 nitrogen and oxygen atoms in total. The van der Waals surface area contributed by atoms with Gasteiger partial charge < -0.3 is 9.47 Å². The minimum absolute atomic E-state index is 0.113. The van der Waals surface area contributed by atoms with E-state index < -0.39 is 0 Å². The highest BCUT2D eigenvalue weighted by atomic mass is 16.6. The molecule has 156 valence electrons. The standard InChI is InChI=1S/C14H22O.C10H20O2/c1-6-11(2)12-7-9-13(10-8-12)15-14(3,4)5;1-7-10(5,6)8(11)12-9(2,3)4/h7-11H,6H2,1-5H3;7H2,1-6H3. The van der Waals surface area contributed by atoms with Gasteiger partial charge >= 0.3 is 5.97 Å². The van der Waals surface area contributed by atoms with Gasteiger partial charge in [0.15, 0.2) is 0 Å². The van der Waals surface area contributed by atoms with Gasteiger partial charge in [-0.05, 0) is 91.8 Å². The van der Waals surface area contributed by atoms with E-state index in [2.05, 4.69) is 58.9 Å². The van der Waals surface area contributed by atoms with E-state index in [1.165, 1.54) is 12.0 Å². The molecule has 0 aromatic heterocycles. The first kappa shape index (κ1) is 25.5. The topological polar surface area (TPSA) is 35.5 Å². The van der Waals surface area contributed by atoms with Gasteiger partial charge in [-0.25, -0.2) is 0 Å². The van der Waals surface area contributed by atoms with Crippen LogP contribution in [0.4, 0.5) is 0 Å².